The summed E-state index contributed by atoms with van der Waals surface area (Å²) in [6.45, 7) is 0. The minimum atomic E-state index is -1.31. The van der Waals surface area contributed by atoms with Gasteiger partial charge in [0, 0.05) is 18.8 Å². The van der Waals surface area contributed by atoms with Crippen LogP contribution in [0.25, 0.3) is 0 Å². The molecule has 0 bridgehead atoms. The van der Waals surface area contributed by atoms with Gasteiger partial charge in [-0.2, -0.15) is 0 Å². The van der Waals surface area contributed by atoms with Crippen LogP contribution >= 0.6 is 11.6 Å². The summed E-state index contributed by atoms with van der Waals surface area (Å²) in [7, 11) is 0. The molecule has 0 saturated carbocycles. The molecule has 19 heavy (non-hydrogen) atoms. The quantitative estimate of drug-likeness (QED) is 0.711. The van der Waals surface area contributed by atoms with Crippen LogP contribution in [0.4, 0.5) is 0 Å². The predicted molar refractivity (Wildman–Crippen MR) is 65.0 cm³/mol. The summed E-state index contributed by atoms with van der Waals surface area (Å²) in [6, 6.07) is 0.101. The topological polar surface area (TPSA) is 117 Å². The Morgan fingerprint density at radius 1 is 1.37 bits per heavy atom. The molecule has 3 N–H and O–H groups in total. The molecule has 1 rings (SSSR count). The minimum Gasteiger partial charge on any atom is -0.481 e. The smallest absolute Gasteiger partial charge is 0.326 e. The van der Waals surface area contributed by atoms with Crippen molar-refractivity contribution < 1.29 is 24.6 Å². The van der Waals surface area contributed by atoms with Crippen molar-refractivity contribution >= 4 is 29.4 Å². The largest absolute Gasteiger partial charge is 0.481 e. The van der Waals surface area contributed by atoms with Crippen molar-refractivity contribution in [1.82, 2.24) is 10.3 Å². The molecule has 0 unspecified atom stereocenters. The number of amides is 1. The third kappa shape index (κ3) is 4.55. The summed E-state index contributed by atoms with van der Waals surface area (Å²) < 4.78 is 0. The van der Waals surface area contributed by atoms with Gasteiger partial charge in [0.25, 0.3) is 5.91 Å². The van der Waals surface area contributed by atoms with E-state index in [1.54, 1.807) is 0 Å². The van der Waals surface area contributed by atoms with E-state index in [4.69, 9.17) is 21.8 Å². The SMILES string of the molecule is O=C(O)CC[C@H](NC(=O)c1cnccc1Cl)C(=O)O. The van der Waals surface area contributed by atoms with Crippen LogP contribution in [0, 0.1) is 0 Å². The zero-order valence-corrected chi connectivity index (χ0v) is 10.4. The first-order chi connectivity index (χ1) is 8.91. The van der Waals surface area contributed by atoms with Gasteiger partial charge in [-0.25, -0.2) is 4.79 Å². The van der Waals surface area contributed by atoms with Gasteiger partial charge in [0.15, 0.2) is 0 Å². The lowest BCUT2D eigenvalue weighted by Gasteiger charge is -2.13. The summed E-state index contributed by atoms with van der Waals surface area (Å²) in [4.78, 5) is 36.8. The maximum Gasteiger partial charge on any atom is 0.326 e. The zero-order chi connectivity index (χ0) is 14.4. The molecule has 7 nitrogen and oxygen atoms in total. The maximum atomic E-state index is 11.8. The lowest BCUT2D eigenvalue weighted by Crippen LogP contribution is -2.41. The number of hydrogen-bond donors (Lipinski definition) is 3. The number of hydrogen-bond acceptors (Lipinski definition) is 4. The van der Waals surface area contributed by atoms with E-state index in [1.165, 1.54) is 18.5 Å². The third-order valence-electron chi connectivity index (χ3n) is 2.26. The number of halogens is 1. The normalized spacial score (nSPS) is 11.6. The van der Waals surface area contributed by atoms with Gasteiger partial charge in [0.05, 0.1) is 10.6 Å². The molecule has 0 aliphatic carbocycles. The fourth-order valence-corrected chi connectivity index (χ4v) is 1.50. The number of carbonyl (C=O) groups is 3. The van der Waals surface area contributed by atoms with Crippen LogP contribution < -0.4 is 5.32 Å². The van der Waals surface area contributed by atoms with Crippen LogP contribution in [0.2, 0.25) is 5.02 Å². The molecule has 0 radical (unpaired) electrons. The Labute approximate surface area is 113 Å². The number of nitrogens with one attached hydrogen (secondary N) is 1. The first-order valence-electron chi connectivity index (χ1n) is 5.26. The molecule has 0 saturated heterocycles. The summed E-state index contributed by atoms with van der Waals surface area (Å²) >= 11 is 5.77. The van der Waals surface area contributed by atoms with E-state index in [9.17, 15) is 14.4 Å². The average molecular weight is 287 g/mol. The van der Waals surface area contributed by atoms with Crippen LogP contribution in [0.3, 0.4) is 0 Å². The van der Waals surface area contributed by atoms with Gasteiger partial charge in [-0.1, -0.05) is 11.6 Å². The third-order valence-corrected chi connectivity index (χ3v) is 2.59. The Bertz CT molecular complexity index is 506. The van der Waals surface area contributed by atoms with Crippen LogP contribution in [-0.4, -0.2) is 39.1 Å². The van der Waals surface area contributed by atoms with Gasteiger partial charge in [0.1, 0.15) is 6.04 Å². The van der Waals surface area contributed by atoms with E-state index in [2.05, 4.69) is 10.3 Å². The Balaban J connectivity index is 2.74. The fourth-order valence-electron chi connectivity index (χ4n) is 1.31. The van der Waals surface area contributed by atoms with Gasteiger partial charge in [-0.05, 0) is 12.5 Å². The zero-order valence-electron chi connectivity index (χ0n) is 9.67. The Morgan fingerprint density at radius 2 is 2.05 bits per heavy atom. The van der Waals surface area contributed by atoms with Crippen molar-refractivity contribution in [2.45, 2.75) is 18.9 Å². The highest BCUT2D eigenvalue weighted by atomic mass is 35.5. The van der Waals surface area contributed by atoms with Crippen molar-refractivity contribution in [3.63, 3.8) is 0 Å². The summed E-state index contributed by atoms with van der Waals surface area (Å²) in [5.74, 6) is -3.16. The second-order valence-electron chi connectivity index (χ2n) is 3.65. The summed E-state index contributed by atoms with van der Waals surface area (Å²) in [5.41, 5.74) is 0.0331. The van der Waals surface area contributed by atoms with Gasteiger partial charge in [-0.15, -0.1) is 0 Å². The number of aromatic nitrogens is 1. The van der Waals surface area contributed by atoms with Crippen molar-refractivity contribution in [3.05, 3.63) is 29.0 Å². The number of carboxylic acid groups (broad SMARTS) is 2. The number of rotatable bonds is 6. The monoisotopic (exact) mass is 286 g/mol. The van der Waals surface area contributed by atoms with Crippen molar-refractivity contribution in [2.75, 3.05) is 0 Å². The van der Waals surface area contributed by atoms with Crippen molar-refractivity contribution in [2.24, 2.45) is 0 Å². The predicted octanol–water partition coefficient (Wildman–Crippen LogP) is 0.783. The second-order valence-corrected chi connectivity index (χ2v) is 4.06. The average Bonchev–Trinajstić information content (AvgIpc) is 2.34. The van der Waals surface area contributed by atoms with E-state index in [-0.39, 0.29) is 23.4 Å². The van der Waals surface area contributed by atoms with Gasteiger partial charge in [-0.3, -0.25) is 14.6 Å². The lowest BCUT2D eigenvalue weighted by atomic mass is 10.1. The van der Waals surface area contributed by atoms with Crippen LogP contribution in [0.5, 0.6) is 0 Å². The molecule has 1 aromatic heterocycles. The first kappa shape index (κ1) is 14.9. The van der Waals surface area contributed by atoms with Crippen LogP contribution in [0.1, 0.15) is 23.2 Å². The van der Waals surface area contributed by atoms with E-state index < -0.39 is 23.9 Å². The maximum absolute atomic E-state index is 11.8. The number of aliphatic carboxylic acids is 2. The highest BCUT2D eigenvalue weighted by Crippen LogP contribution is 2.13. The van der Waals surface area contributed by atoms with E-state index >= 15 is 0 Å². The molecule has 1 heterocycles. The highest BCUT2D eigenvalue weighted by Gasteiger charge is 2.22. The van der Waals surface area contributed by atoms with Crippen LogP contribution in [0.15, 0.2) is 18.5 Å². The van der Waals surface area contributed by atoms with E-state index in [1.807, 2.05) is 0 Å². The number of pyridine rings is 1. The second kappa shape index (κ2) is 6.69. The number of carboxylic acids is 2. The van der Waals surface area contributed by atoms with Gasteiger partial charge < -0.3 is 15.5 Å². The number of carbonyl (C=O) groups excluding carboxylic acids is 1. The summed E-state index contributed by atoms with van der Waals surface area (Å²) in [5, 5.41) is 19.7. The van der Waals surface area contributed by atoms with Gasteiger partial charge in [0.2, 0.25) is 0 Å². The Hall–Kier alpha value is -2.15. The molecular weight excluding hydrogens is 276 g/mol. The van der Waals surface area contributed by atoms with E-state index in [0.717, 1.165) is 0 Å². The molecule has 8 heteroatoms. The Morgan fingerprint density at radius 3 is 2.58 bits per heavy atom. The lowest BCUT2D eigenvalue weighted by molar-refractivity contribution is -0.140. The fraction of sp³-hybridized carbons (Fsp3) is 0.273. The molecule has 0 aromatic carbocycles. The molecule has 0 fully saturated rings. The standard InChI is InChI=1S/C11H11ClN2O5/c12-7-3-4-13-5-6(7)10(17)14-8(11(18)19)1-2-9(15)16/h3-5,8H,1-2H2,(H,14,17)(H,15,16)(H,18,19)/t8-/m0/s1. The molecule has 1 amide bonds. The minimum absolute atomic E-state index is 0.0331. The first-order valence-corrected chi connectivity index (χ1v) is 5.64. The van der Waals surface area contributed by atoms with Gasteiger partial charge >= 0.3 is 11.9 Å². The number of nitrogens with zero attached hydrogens (tertiary/aromatic N) is 1. The molecule has 0 spiro atoms. The molecule has 0 aliphatic heterocycles. The van der Waals surface area contributed by atoms with Crippen molar-refractivity contribution in [1.29, 1.82) is 0 Å². The molecule has 0 aliphatic rings. The molecule has 1 atom stereocenters. The van der Waals surface area contributed by atoms with Crippen molar-refractivity contribution in [3.8, 4) is 0 Å². The summed E-state index contributed by atoms with van der Waals surface area (Å²) in [6.07, 6.45) is 2.01. The highest BCUT2D eigenvalue weighted by molar-refractivity contribution is 6.33. The van der Waals surface area contributed by atoms with Crippen LogP contribution in [-0.2, 0) is 9.59 Å². The molecular formula is C11H11ClN2O5. The molecule has 102 valence electrons. The van der Waals surface area contributed by atoms with E-state index in [0.29, 0.717) is 0 Å². The molecule has 1 aromatic rings. The Kier molecular flexibility index (Phi) is 5.25.